The van der Waals surface area contributed by atoms with E-state index in [1.807, 2.05) is 44.3 Å². The Morgan fingerprint density at radius 3 is 2.54 bits per heavy atom. The Labute approximate surface area is 172 Å². The number of benzene rings is 1. The second-order valence-electron chi connectivity index (χ2n) is 5.51. The molecule has 0 radical (unpaired) electrons. The molecule has 0 saturated carbocycles. The molecule has 7 heteroatoms. The lowest BCUT2D eigenvalue weighted by Gasteiger charge is -2.22. The lowest BCUT2D eigenvalue weighted by atomic mass is 10.2. The summed E-state index contributed by atoms with van der Waals surface area (Å²) >= 11 is 0. The molecule has 2 aromatic rings. The molecule has 0 aliphatic carbocycles. The summed E-state index contributed by atoms with van der Waals surface area (Å²) in [5.41, 5.74) is 2.09. The monoisotopic (exact) mass is 470 g/mol. The lowest BCUT2D eigenvalue weighted by molar-refractivity contribution is 0.340. The van der Waals surface area contributed by atoms with Gasteiger partial charge in [0, 0.05) is 26.7 Å². The third-order valence-electron chi connectivity index (χ3n) is 3.65. The number of rotatable bonds is 7. The van der Waals surface area contributed by atoms with Crippen molar-refractivity contribution in [3.8, 4) is 11.6 Å². The van der Waals surface area contributed by atoms with E-state index in [-0.39, 0.29) is 24.0 Å². The fourth-order valence-electron chi connectivity index (χ4n) is 2.43. The molecule has 2 rings (SSSR count). The van der Waals surface area contributed by atoms with Gasteiger partial charge in [0.05, 0.1) is 26.0 Å². The number of pyridine rings is 1. The van der Waals surface area contributed by atoms with Crippen molar-refractivity contribution in [2.24, 2.45) is 4.99 Å². The molecule has 0 aliphatic heterocycles. The largest absolute Gasteiger partial charge is 0.494 e. The third kappa shape index (κ3) is 6.70. The second kappa shape index (κ2) is 11.6. The van der Waals surface area contributed by atoms with Crippen LogP contribution in [0.1, 0.15) is 18.2 Å². The number of halogens is 1. The van der Waals surface area contributed by atoms with E-state index >= 15 is 0 Å². The van der Waals surface area contributed by atoms with Crippen LogP contribution in [0, 0.1) is 0 Å². The molecule has 1 aromatic carbocycles. The van der Waals surface area contributed by atoms with E-state index in [4.69, 9.17) is 9.47 Å². The van der Waals surface area contributed by atoms with E-state index in [2.05, 4.69) is 32.3 Å². The zero-order chi connectivity index (χ0) is 18.1. The molecule has 0 amide bonds. The van der Waals surface area contributed by atoms with Crippen molar-refractivity contribution in [3.63, 3.8) is 0 Å². The maximum absolute atomic E-state index is 5.47. The molecule has 0 unspecified atom stereocenters. The molecule has 0 aliphatic rings. The standard InChI is InChI=1S/C19H26N4O2.HI/c1-5-25-17-11-9-15(10-12-17)14-23(3)19(20-2)21-13-16-7-6-8-18(22-16)24-4;/h6-12H,5,13-14H2,1-4H3,(H,20,21);1H. The van der Waals surface area contributed by atoms with E-state index < -0.39 is 0 Å². The normalized spacial score (nSPS) is 10.7. The van der Waals surface area contributed by atoms with Crippen LogP contribution >= 0.6 is 24.0 Å². The van der Waals surface area contributed by atoms with Crippen molar-refractivity contribution in [1.29, 1.82) is 0 Å². The summed E-state index contributed by atoms with van der Waals surface area (Å²) in [7, 11) is 5.39. The van der Waals surface area contributed by atoms with Gasteiger partial charge in [0.2, 0.25) is 5.88 Å². The van der Waals surface area contributed by atoms with Crippen molar-refractivity contribution < 1.29 is 9.47 Å². The molecular formula is C19H27IN4O2. The molecule has 0 bridgehead atoms. The number of methoxy groups -OCH3 is 1. The Hall–Kier alpha value is -2.03. The highest BCUT2D eigenvalue weighted by Gasteiger charge is 2.07. The molecule has 1 aromatic heterocycles. The minimum Gasteiger partial charge on any atom is -0.494 e. The van der Waals surface area contributed by atoms with Crippen molar-refractivity contribution >= 4 is 29.9 Å². The molecule has 6 nitrogen and oxygen atoms in total. The molecular weight excluding hydrogens is 443 g/mol. The average Bonchev–Trinajstić information content (AvgIpc) is 2.64. The number of guanidine groups is 1. The summed E-state index contributed by atoms with van der Waals surface area (Å²) in [5.74, 6) is 2.30. The van der Waals surface area contributed by atoms with Crippen LogP contribution in [0.2, 0.25) is 0 Å². The third-order valence-corrected chi connectivity index (χ3v) is 3.65. The van der Waals surface area contributed by atoms with Gasteiger partial charge in [0.25, 0.3) is 0 Å². The quantitative estimate of drug-likeness (QED) is 0.382. The minimum absolute atomic E-state index is 0. The zero-order valence-corrected chi connectivity index (χ0v) is 18.1. The predicted octanol–water partition coefficient (Wildman–Crippen LogP) is 3.31. The van der Waals surface area contributed by atoms with E-state index in [9.17, 15) is 0 Å². The number of nitrogens with zero attached hydrogens (tertiary/aromatic N) is 3. The van der Waals surface area contributed by atoms with Crippen LogP contribution in [0.5, 0.6) is 11.6 Å². The molecule has 1 heterocycles. The van der Waals surface area contributed by atoms with E-state index in [0.29, 0.717) is 19.0 Å². The second-order valence-corrected chi connectivity index (χ2v) is 5.51. The summed E-state index contributed by atoms with van der Waals surface area (Å²) in [6.45, 7) is 3.98. The number of hydrogen-bond acceptors (Lipinski definition) is 4. The summed E-state index contributed by atoms with van der Waals surface area (Å²) in [6, 6.07) is 13.8. The number of aliphatic imine (C=N–C) groups is 1. The summed E-state index contributed by atoms with van der Waals surface area (Å²) in [4.78, 5) is 10.8. The van der Waals surface area contributed by atoms with E-state index in [1.54, 1.807) is 14.2 Å². The van der Waals surface area contributed by atoms with E-state index in [1.165, 1.54) is 5.56 Å². The van der Waals surface area contributed by atoms with Crippen molar-refractivity contribution in [2.75, 3.05) is 27.8 Å². The Morgan fingerprint density at radius 1 is 1.19 bits per heavy atom. The highest BCUT2D eigenvalue weighted by atomic mass is 127. The van der Waals surface area contributed by atoms with Gasteiger partial charge in [-0.1, -0.05) is 18.2 Å². The van der Waals surface area contributed by atoms with Gasteiger partial charge in [-0.05, 0) is 30.7 Å². The summed E-state index contributed by atoms with van der Waals surface area (Å²) in [6.07, 6.45) is 0. The number of aromatic nitrogens is 1. The molecule has 26 heavy (non-hydrogen) atoms. The highest BCUT2D eigenvalue weighted by Crippen LogP contribution is 2.13. The van der Waals surface area contributed by atoms with E-state index in [0.717, 1.165) is 23.9 Å². The topological polar surface area (TPSA) is 59.0 Å². The lowest BCUT2D eigenvalue weighted by Crippen LogP contribution is -2.38. The van der Waals surface area contributed by atoms with Crippen LogP contribution in [0.15, 0.2) is 47.5 Å². The first-order valence-electron chi connectivity index (χ1n) is 8.29. The van der Waals surface area contributed by atoms with Crippen LogP contribution < -0.4 is 14.8 Å². The van der Waals surface area contributed by atoms with Crippen LogP contribution in [-0.4, -0.2) is 43.7 Å². The van der Waals surface area contributed by atoms with Crippen LogP contribution in [0.4, 0.5) is 0 Å². The first kappa shape index (κ1) is 22.0. The van der Waals surface area contributed by atoms with Gasteiger partial charge in [-0.2, -0.15) is 0 Å². The van der Waals surface area contributed by atoms with Gasteiger partial charge < -0.3 is 19.7 Å². The first-order chi connectivity index (χ1) is 12.2. The van der Waals surface area contributed by atoms with Gasteiger partial charge in [-0.3, -0.25) is 4.99 Å². The van der Waals surface area contributed by atoms with Gasteiger partial charge in [-0.15, -0.1) is 24.0 Å². The molecule has 0 spiro atoms. The summed E-state index contributed by atoms with van der Waals surface area (Å²) in [5, 5.41) is 3.32. The Kier molecular flexibility index (Phi) is 9.79. The zero-order valence-electron chi connectivity index (χ0n) is 15.7. The molecule has 0 atom stereocenters. The van der Waals surface area contributed by atoms with Crippen LogP contribution in [0.25, 0.3) is 0 Å². The first-order valence-corrected chi connectivity index (χ1v) is 8.29. The van der Waals surface area contributed by atoms with Crippen molar-refractivity contribution in [3.05, 3.63) is 53.7 Å². The Balaban J connectivity index is 0.00000338. The van der Waals surface area contributed by atoms with Crippen molar-refractivity contribution in [2.45, 2.75) is 20.0 Å². The molecule has 0 saturated heterocycles. The molecule has 142 valence electrons. The number of nitrogens with one attached hydrogen (secondary N) is 1. The Bertz CT molecular complexity index is 692. The highest BCUT2D eigenvalue weighted by molar-refractivity contribution is 14.0. The molecule has 0 fully saturated rings. The van der Waals surface area contributed by atoms with Crippen LogP contribution in [0.3, 0.4) is 0 Å². The fourth-order valence-corrected chi connectivity index (χ4v) is 2.43. The predicted molar refractivity (Wildman–Crippen MR) is 115 cm³/mol. The summed E-state index contributed by atoms with van der Waals surface area (Å²) < 4.78 is 10.6. The van der Waals surface area contributed by atoms with Gasteiger partial charge in [-0.25, -0.2) is 4.98 Å². The number of ether oxygens (including phenoxy) is 2. The maximum atomic E-state index is 5.47. The smallest absolute Gasteiger partial charge is 0.213 e. The molecule has 1 N–H and O–H groups in total. The maximum Gasteiger partial charge on any atom is 0.213 e. The van der Waals surface area contributed by atoms with Gasteiger partial charge in [0.15, 0.2) is 5.96 Å². The van der Waals surface area contributed by atoms with Gasteiger partial charge in [0.1, 0.15) is 5.75 Å². The SMILES string of the molecule is CCOc1ccc(CN(C)C(=NC)NCc2cccc(OC)n2)cc1.I. The van der Waals surface area contributed by atoms with Crippen LogP contribution in [-0.2, 0) is 13.1 Å². The average molecular weight is 470 g/mol. The Morgan fingerprint density at radius 2 is 1.92 bits per heavy atom. The number of hydrogen-bond donors (Lipinski definition) is 1. The minimum atomic E-state index is 0. The van der Waals surface area contributed by atoms with Gasteiger partial charge >= 0.3 is 0 Å². The fraction of sp³-hybridized carbons (Fsp3) is 0.368. The van der Waals surface area contributed by atoms with Crippen molar-refractivity contribution in [1.82, 2.24) is 15.2 Å².